The van der Waals surface area contributed by atoms with Crippen LogP contribution in [0.25, 0.3) is 0 Å². The molecule has 0 spiro atoms. The Morgan fingerprint density at radius 1 is 0.769 bits per heavy atom. The van der Waals surface area contributed by atoms with Gasteiger partial charge in [0.1, 0.15) is 18.1 Å². The van der Waals surface area contributed by atoms with Gasteiger partial charge in [0.05, 0.1) is 6.54 Å². The number of carbonyl (C=O) groups is 5. The zero-order chi connectivity index (χ0) is 37.0. The van der Waals surface area contributed by atoms with Gasteiger partial charge in [0.15, 0.2) is 0 Å². The largest absolute Gasteiger partial charge is 0.343 e. The van der Waals surface area contributed by atoms with E-state index in [1.807, 2.05) is 58.3 Å². The first-order chi connectivity index (χ1) is 25.1. The summed E-state index contributed by atoms with van der Waals surface area (Å²) in [7, 11) is 0. The van der Waals surface area contributed by atoms with Crippen LogP contribution in [-0.4, -0.2) is 103 Å². The summed E-state index contributed by atoms with van der Waals surface area (Å²) in [5.41, 5.74) is 7.81. The highest BCUT2D eigenvalue weighted by Crippen LogP contribution is 2.34. The van der Waals surface area contributed by atoms with Crippen LogP contribution in [0.3, 0.4) is 0 Å². The highest BCUT2D eigenvalue weighted by Gasteiger charge is 2.44. The molecule has 5 amide bonds. The van der Waals surface area contributed by atoms with E-state index in [9.17, 15) is 24.0 Å². The van der Waals surface area contributed by atoms with Crippen molar-refractivity contribution in [1.29, 1.82) is 0 Å². The second kappa shape index (κ2) is 19.0. The smallest absolute Gasteiger partial charge is 0.245 e. The first kappa shape index (κ1) is 38.9. The van der Waals surface area contributed by atoms with Gasteiger partial charge in [-0.05, 0) is 55.2 Å². The summed E-state index contributed by atoms with van der Waals surface area (Å²) in [5.74, 6) is -0.253. The minimum absolute atomic E-state index is 0.0410. The molecule has 0 aromatic heterocycles. The zero-order valence-corrected chi connectivity index (χ0v) is 30.7. The highest BCUT2D eigenvalue weighted by atomic mass is 16.2. The van der Waals surface area contributed by atoms with Crippen LogP contribution in [0.5, 0.6) is 0 Å². The molecule has 0 bridgehead atoms. The molecule has 2 aliphatic heterocycles. The van der Waals surface area contributed by atoms with Crippen LogP contribution in [0.15, 0.2) is 60.7 Å². The van der Waals surface area contributed by atoms with E-state index in [1.54, 1.807) is 6.92 Å². The molecule has 0 radical (unpaired) electrons. The van der Waals surface area contributed by atoms with Gasteiger partial charge in [-0.25, -0.2) is 0 Å². The minimum atomic E-state index is -0.904. The molecule has 12 heteroatoms. The predicted octanol–water partition coefficient (Wildman–Crippen LogP) is 1.94. The molecule has 3 fully saturated rings. The molecule has 2 aromatic rings. The minimum Gasteiger partial charge on any atom is -0.343 e. The maximum absolute atomic E-state index is 14.0. The summed E-state index contributed by atoms with van der Waals surface area (Å²) in [6.07, 6.45) is 4.51. The number of hydrogen-bond acceptors (Lipinski definition) is 7. The molecule has 2 saturated heterocycles. The fourth-order valence-corrected chi connectivity index (χ4v) is 7.47. The first-order valence-electron chi connectivity index (χ1n) is 19.0. The van der Waals surface area contributed by atoms with Crippen molar-refractivity contribution in [2.24, 2.45) is 23.5 Å². The Balaban J connectivity index is 1.22. The average Bonchev–Trinajstić information content (AvgIpc) is 3.73. The van der Waals surface area contributed by atoms with Crippen molar-refractivity contribution < 1.29 is 24.0 Å². The fraction of sp³-hybridized carbons (Fsp3) is 0.575. The number of rotatable bonds is 19. The normalized spacial score (nSPS) is 20.4. The lowest BCUT2D eigenvalue weighted by Gasteiger charge is -2.28. The van der Waals surface area contributed by atoms with Gasteiger partial charge >= 0.3 is 0 Å². The molecular formula is C40H57N7O5. The van der Waals surface area contributed by atoms with Gasteiger partial charge in [0.2, 0.25) is 29.5 Å². The van der Waals surface area contributed by atoms with Gasteiger partial charge in [-0.1, -0.05) is 80.4 Å². The van der Waals surface area contributed by atoms with E-state index in [4.69, 9.17) is 5.73 Å². The molecule has 1 saturated carbocycles. The van der Waals surface area contributed by atoms with Crippen LogP contribution < -0.4 is 27.0 Å². The van der Waals surface area contributed by atoms with Gasteiger partial charge in [-0.2, -0.15) is 0 Å². The van der Waals surface area contributed by atoms with E-state index in [1.165, 1.54) is 5.56 Å². The van der Waals surface area contributed by atoms with Crippen molar-refractivity contribution in [3.8, 4) is 0 Å². The number of benzene rings is 2. The molecule has 2 unspecified atom stereocenters. The lowest BCUT2D eigenvalue weighted by atomic mass is 10.0. The van der Waals surface area contributed by atoms with Crippen molar-refractivity contribution in [3.63, 3.8) is 0 Å². The Hall–Kier alpha value is -4.29. The second-order valence-electron chi connectivity index (χ2n) is 15.0. The topological polar surface area (TPSA) is 166 Å². The second-order valence-corrected chi connectivity index (χ2v) is 15.0. The number of nitrogens with two attached hydrogens (primary N) is 1. The number of nitrogens with zero attached hydrogens (tertiary/aromatic N) is 2. The van der Waals surface area contributed by atoms with Crippen LogP contribution in [0.4, 0.5) is 0 Å². The number of likely N-dealkylation sites (tertiary alicyclic amines) is 2. The molecule has 52 heavy (non-hydrogen) atoms. The Morgan fingerprint density at radius 3 is 1.98 bits per heavy atom. The summed E-state index contributed by atoms with van der Waals surface area (Å²) < 4.78 is 0. The summed E-state index contributed by atoms with van der Waals surface area (Å²) in [6.45, 7) is 7.19. The standard InChI is InChI=1S/C40H57N7O5/c1-27(31-13-7-4-8-14-31)21-42-22-37(49)43-35(19-29-11-5-3-6-12-29)38(50)45-36(20-30-16-17-30)39(51)44-34(15-9-10-18-41)40(52)47-25-32-23-46(28(2)48)24-33(32)26-47/h3-8,11-14,27,30,32-36,42H,9-10,15-26,41H2,1-2H3,(H,43,49)(H,44,51)(H,45,50)/t27-,32?,33?,34+,35+,36+/m0/s1. The van der Waals surface area contributed by atoms with Crippen LogP contribution in [0, 0.1) is 17.8 Å². The van der Waals surface area contributed by atoms with Crippen molar-refractivity contribution >= 4 is 29.5 Å². The third kappa shape index (κ3) is 11.4. The van der Waals surface area contributed by atoms with E-state index in [0.29, 0.717) is 64.4 Å². The van der Waals surface area contributed by atoms with Crippen molar-refractivity contribution in [3.05, 3.63) is 71.8 Å². The average molecular weight is 716 g/mol. The molecule has 6 N–H and O–H groups in total. The molecule has 1 aliphatic carbocycles. The highest BCUT2D eigenvalue weighted by molar-refractivity contribution is 5.94. The Kier molecular flexibility index (Phi) is 14.2. The lowest BCUT2D eigenvalue weighted by Crippen LogP contribution is -2.58. The molecule has 12 nitrogen and oxygen atoms in total. The van der Waals surface area contributed by atoms with Crippen LogP contribution in [0.2, 0.25) is 0 Å². The quantitative estimate of drug-likeness (QED) is 0.139. The Bertz CT molecular complexity index is 1490. The van der Waals surface area contributed by atoms with Gasteiger partial charge in [0, 0.05) is 57.9 Å². The Labute approximate surface area is 308 Å². The van der Waals surface area contributed by atoms with Gasteiger partial charge in [0.25, 0.3) is 0 Å². The van der Waals surface area contributed by atoms with Crippen LogP contribution in [0.1, 0.15) is 69.4 Å². The van der Waals surface area contributed by atoms with E-state index in [-0.39, 0.29) is 48.4 Å². The number of fused-ring (bicyclic) bond motifs is 1. The lowest BCUT2D eigenvalue weighted by molar-refractivity contribution is -0.137. The summed E-state index contributed by atoms with van der Waals surface area (Å²) in [4.78, 5) is 70.6. The molecule has 282 valence electrons. The number of unbranched alkanes of at least 4 members (excludes halogenated alkanes) is 1. The predicted molar refractivity (Wildman–Crippen MR) is 200 cm³/mol. The van der Waals surface area contributed by atoms with Crippen LogP contribution >= 0.6 is 0 Å². The van der Waals surface area contributed by atoms with Gasteiger partial charge < -0.3 is 36.8 Å². The molecule has 3 aliphatic rings. The Morgan fingerprint density at radius 2 is 1.37 bits per heavy atom. The third-order valence-corrected chi connectivity index (χ3v) is 10.7. The summed E-state index contributed by atoms with van der Waals surface area (Å²) in [5, 5.41) is 12.1. The van der Waals surface area contributed by atoms with Crippen molar-refractivity contribution in [2.75, 3.05) is 45.8 Å². The van der Waals surface area contributed by atoms with Crippen molar-refractivity contribution in [1.82, 2.24) is 31.1 Å². The molecule has 2 aromatic carbocycles. The van der Waals surface area contributed by atoms with E-state index < -0.39 is 29.9 Å². The van der Waals surface area contributed by atoms with Gasteiger partial charge in [-0.15, -0.1) is 0 Å². The zero-order valence-electron chi connectivity index (χ0n) is 30.7. The monoisotopic (exact) mass is 715 g/mol. The van der Waals surface area contributed by atoms with Crippen LogP contribution in [-0.2, 0) is 30.4 Å². The number of hydrogen-bond donors (Lipinski definition) is 5. The van der Waals surface area contributed by atoms with E-state index in [2.05, 4.69) is 40.3 Å². The third-order valence-electron chi connectivity index (χ3n) is 10.7. The first-order valence-corrected chi connectivity index (χ1v) is 19.0. The maximum atomic E-state index is 14.0. The molecule has 5 rings (SSSR count). The van der Waals surface area contributed by atoms with Gasteiger partial charge in [-0.3, -0.25) is 24.0 Å². The molecular weight excluding hydrogens is 658 g/mol. The summed E-state index contributed by atoms with van der Waals surface area (Å²) >= 11 is 0. The van der Waals surface area contributed by atoms with Crippen molar-refractivity contribution in [2.45, 2.75) is 82.8 Å². The number of carbonyl (C=O) groups excluding carboxylic acids is 5. The maximum Gasteiger partial charge on any atom is 0.245 e. The SMILES string of the molecule is CC(=O)N1CC2CN(C(=O)[C@@H](CCCCN)NC(=O)[C@@H](CC3CC3)NC(=O)[C@@H](Cc3ccccc3)NC(=O)CNC[C@H](C)c3ccccc3)CC2C1. The van der Waals surface area contributed by atoms with E-state index in [0.717, 1.165) is 24.8 Å². The molecule has 6 atom stereocenters. The number of amides is 5. The van der Waals surface area contributed by atoms with E-state index >= 15 is 0 Å². The number of nitrogens with one attached hydrogen (secondary N) is 4. The fourth-order valence-electron chi connectivity index (χ4n) is 7.47. The molecule has 2 heterocycles. The summed E-state index contributed by atoms with van der Waals surface area (Å²) in [6, 6.07) is 17.0.